The van der Waals surface area contributed by atoms with Crippen molar-refractivity contribution in [3.8, 4) is 5.75 Å². The fourth-order valence-electron chi connectivity index (χ4n) is 2.40. The number of pyridine rings is 1. The highest BCUT2D eigenvalue weighted by atomic mass is 32.2. The summed E-state index contributed by atoms with van der Waals surface area (Å²) in [6.07, 6.45) is 3.11. The van der Waals surface area contributed by atoms with Gasteiger partial charge in [-0.15, -0.1) is 11.8 Å². The molecule has 142 valence electrons. The number of thioether (sulfide) groups is 1. The fourth-order valence-corrected chi connectivity index (χ4v) is 3.23. The van der Waals surface area contributed by atoms with Gasteiger partial charge in [0.25, 0.3) is 0 Å². The van der Waals surface area contributed by atoms with Crippen LogP contribution in [0.4, 0.5) is 0 Å². The number of rotatable bonds is 8. The number of hydrazone groups is 1. The van der Waals surface area contributed by atoms with Gasteiger partial charge in [0.2, 0.25) is 5.91 Å². The fraction of sp³-hybridized carbons (Fsp3) is 0.100. The summed E-state index contributed by atoms with van der Waals surface area (Å²) in [7, 11) is 0. The summed E-state index contributed by atoms with van der Waals surface area (Å²) in [4.78, 5) is 27.9. The topological polar surface area (TPSA) is 104 Å². The summed E-state index contributed by atoms with van der Waals surface area (Å²) in [5.41, 5.74) is 3.84. The maximum atomic E-state index is 12.1. The van der Waals surface area contributed by atoms with Crippen molar-refractivity contribution in [2.75, 3.05) is 12.4 Å². The van der Waals surface area contributed by atoms with E-state index < -0.39 is 12.6 Å². The van der Waals surface area contributed by atoms with Crippen LogP contribution in [0.1, 0.15) is 5.56 Å². The molecule has 2 aromatic carbocycles. The molecule has 8 heteroatoms. The number of aromatic nitrogens is 1. The lowest BCUT2D eigenvalue weighted by atomic mass is 10.2. The van der Waals surface area contributed by atoms with E-state index in [2.05, 4.69) is 15.5 Å². The monoisotopic (exact) mass is 394 g/mol. The molecule has 0 spiro atoms. The Morgan fingerprint density at radius 3 is 2.82 bits per heavy atom. The number of benzene rings is 2. The molecule has 0 fully saturated rings. The van der Waals surface area contributed by atoms with Crippen LogP contribution in [0.5, 0.6) is 5.75 Å². The van der Waals surface area contributed by atoms with Crippen molar-refractivity contribution in [2.24, 2.45) is 5.10 Å². The Kier molecular flexibility index (Phi) is 6.59. The Balaban J connectivity index is 1.56. The number of carboxylic acid groups (broad SMARTS) is 1. The molecule has 1 amide bonds. The van der Waals surface area contributed by atoms with Crippen molar-refractivity contribution in [1.82, 2.24) is 10.4 Å². The van der Waals surface area contributed by atoms with Gasteiger partial charge in [0.05, 0.1) is 23.5 Å². The van der Waals surface area contributed by atoms with Gasteiger partial charge in [-0.2, -0.15) is 5.10 Å². The number of hydrogen-bond acceptors (Lipinski definition) is 7. The summed E-state index contributed by atoms with van der Waals surface area (Å²) in [6, 6.07) is 16.4. The zero-order valence-electron chi connectivity index (χ0n) is 14.7. The molecule has 0 unspecified atom stereocenters. The van der Waals surface area contributed by atoms with E-state index >= 15 is 0 Å². The first-order valence-electron chi connectivity index (χ1n) is 8.33. The number of aliphatic carboxylic acids is 1. The van der Waals surface area contributed by atoms with Gasteiger partial charge in [0, 0.05) is 22.0 Å². The van der Waals surface area contributed by atoms with Gasteiger partial charge in [0.1, 0.15) is 12.4 Å². The Morgan fingerprint density at radius 2 is 1.96 bits per heavy atom. The van der Waals surface area contributed by atoms with Crippen molar-refractivity contribution in [1.29, 1.82) is 0 Å². The number of fused-ring (bicyclic) bond motifs is 1. The molecular formula is C20H16N3O4S-. The quantitative estimate of drug-likeness (QED) is 0.354. The summed E-state index contributed by atoms with van der Waals surface area (Å²) in [6.45, 7) is -0.563. The highest BCUT2D eigenvalue weighted by molar-refractivity contribution is 8.00. The van der Waals surface area contributed by atoms with Crippen LogP contribution >= 0.6 is 11.8 Å². The SMILES string of the molecule is O=C([O-])COc1ccccc1/C=N\NC(=O)CSc1cccc2cccnc12. The molecule has 0 aliphatic heterocycles. The first-order chi connectivity index (χ1) is 13.6. The standard InChI is InChI=1S/C20H17N3O4S/c24-18(13-28-17-9-3-6-14-7-4-10-21-20(14)17)23-22-11-15-5-1-2-8-16(15)27-12-19(25)26/h1-11H,12-13H2,(H,23,24)(H,25,26)/p-1/b22-11-. The zero-order chi connectivity index (χ0) is 19.8. The van der Waals surface area contributed by atoms with Gasteiger partial charge in [-0.3, -0.25) is 9.78 Å². The highest BCUT2D eigenvalue weighted by Gasteiger charge is 2.06. The lowest BCUT2D eigenvalue weighted by molar-refractivity contribution is -0.307. The molecule has 0 radical (unpaired) electrons. The van der Waals surface area contributed by atoms with Gasteiger partial charge in [-0.25, -0.2) is 5.43 Å². The minimum atomic E-state index is -1.32. The average molecular weight is 394 g/mol. The van der Waals surface area contributed by atoms with E-state index in [1.54, 1.807) is 30.5 Å². The Hall–Kier alpha value is -3.39. The highest BCUT2D eigenvalue weighted by Crippen LogP contribution is 2.25. The molecule has 0 bridgehead atoms. The average Bonchev–Trinajstić information content (AvgIpc) is 2.71. The summed E-state index contributed by atoms with van der Waals surface area (Å²) in [5.74, 6) is -1.08. The van der Waals surface area contributed by atoms with Gasteiger partial charge in [0.15, 0.2) is 0 Å². The summed E-state index contributed by atoms with van der Waals surface area (Å²) < 4.78 is 5.13. The van der Waals surface area contributed by atoms with E-state index in [1.807, 2.05) is 30.3 Å². The van der Waals surface area contributed by atoms with Crippen LogP contribution in [0.3, 0.4) is 0 Å². The minimum absolute atomic E-state index is 0.176. The summed E-state index contributed by atoms with van der Waals surface area (Å²) in [5, 5.41) is 15.4. The van der Waals surface area contributed by atoms with Crippen LogP contribution < -0.4 is 15.3 Å². The van der Waals surface area contributed by atoms with Crippen LogP contribution in [0.25, 0.3) is 10.9 Å². The van der Waals surface area contributed by atoms with E-state index in [-0.39, 0.29) is 11.7 Å². The molecule has 0 atom stereocenters. The molecule has 3 rings (SSSR count). The molecule has 7 nitrogen and oxygen atoms in total. The van der Waals surface area contributed by atoms with Crippen molar-refractivity contribution in [3.63, 3.8) is 0 Å². The van der Waals surface area contributed by atoms with Crippen molar-refractivity contribution in [2.45, 2.75) is 4.90 Å². The maximum Gasteiger partial charge on any atom is 0.250 e. The zero-order valence-corrected chi connectivity index (χ0v) is 15.5. The van der Waals surface area contributed by atoms with E-state index in [9.17, 15) is 14.7 Å². The molecule has 1 N–H and O–H groups in total. The number of nitrogens with zero attached hydrogens (tertiary/aromatic N) is 2. The molecule has 0 saturated carbocycles. The second-order valence-corrected chi connectivity index (χ2v) is 6.63. The third-order valence-corrected chi connectivity index (χ3v) is 4.66. The third-order valence-electron chi connectivity index (χ3n) is 3.61. The Morgan fingerprint density at radius 1 is 1.14 bits per heavy atom. The number of carbonyl (C=O) groups is 2. The van der Waals surface area contributed by atoms with E-state index in [0.717, 1.165) is 15.8 Å². The van der Waals surface area contributed by atoms with Crippen LogP contribution in [0.15, 0.2) is 70.8 Å². The van der Waals surface area contributed by atoms with Crippen molar-refractivity contribution >= 4 is 40.8 Å². The first kappa shape index (κ1) is 19.4. The molecule has 1 heterocycles. The molecular weight excluding hydrogens is 378 g/mol. The van der Waals surface area contributed by atoms with E-state index in [4.69, 9.17) is 4.74 Å². The number of carbonyl (C=O) groups excluding carboxylic acids is 2. The predicted molar refractivity (Wildman–Crippen MR) is 105 cm³/mol. The number of ether oxygens (including phenoxy) is 1. The number of nitrogens with one attached hydrogen (secondary N) is 1. The molecule has 28 heavy (non-hydrogen) atoms. The third kappa shape index (κ3) is 5.31. The second kappa shape index (κ2) is 9.52. The van der Waals surface area contributed by atoms with Gasteiger partial charge in [-0.05, 0) is 24.3 Å². The largest absolute Gasteiger partial charge is 0.546 e. The van der Waals surface area contributed by atoms with Crippen LogP contribution in [0, 0.1) is 0 Å². The second-order valence-electron chi connectivity index (χ2n) is 5.61. The van der Waals surface area contributed by atoms with Crippen molar-refractivity contribution in [3.05, 3.63) is 66.4 Å². The normalized spacial score (nSPS) is 10.9. The molecule has 0 aliphatic rings. The minimum Gasteiger partial charge on any atom is -0.546 e. The molecule has 3 aromatic rings. The van der Waals surface area contributed by atoms with Crippen LogP contribution in [-0.4, -0.2) is 35.4 Å². The van der Waals surface area contributed by atoms with E-state index in [1.165, 1.54) is 18.0 Å². The van der Waals surface area contributed by atoms with Crippen LogP contribution in [-0.2, 0) is 9.59 Å². The Bertz CT molecular complexity index is 1020. The number of hydrogen-bond donors (Lipinski definition) is 1. The Labute approximate surface area is 165 Å². The maximum absolute atomic E-state index is 12.1. The summed E-state index contributed by atoms with van der Waals surface area (Å²) >= 11 is 1.37. The molecule has 0 saturated heterocycles. The molecule has 1 aromatic heterocycles. The van der Waals surface area contributed by atoms with Gasteiger partial charge in [-0.1, -0.05) is 30.3 Å². The number of para-hydroxylation sites is 2. The predicted octanol–water partition coefficient (Wildman–Crippen LogP) is 1.61. The number of carboxylic acids is 1. The van der Waals surface area contributed by atoms with Gasteiger partial charge >= 0.3 is 0 Å². The van der Waals surface area contributed by atoms with E-state index in [0.29, 0.717) is 11.3 Å². The lowest BCUT2D eigenvalue weighted by Gasteiger charge is -2.09. The van der Waals surface area contributed by atoms with Gasteiger partial charge < -0.3 is 14.6 Å². The lowest BCUT2D eigenvalue weighted by Crippen LogP contribution is -2.29. The van der Waals surface area contributed by atoms with Crippen LogP contribution in [0.2, 0.25) is 0 Å². The first-order valence-corrected chi connectivity index (χ1v) is 9.32. The molecule has 0 aliphatic carbocycles. The number of amides is 1. The van der Waals surface area contributed by atoms with Crippen molar-refractivity contribution < 1.29 is 19.4 Å². The smallest absolute Gasteiger partial charge is 0.250 e.